The minimum atomic E-state index is -1.40. The van der Waals surface area contributed by atoms with Gasteiger partial charge in [-0.15, -0.1) is 0 Å². The van der Waals surface area contributed by atoms with Gasteiger partial charge in [-0.05, 0) is 58.3 Å². The molecule has 0 bridgehead atoms. The number of carbonyl (C=O) groups is 1. The Morgan fingerprint density at radius 1 is 1.09 bits per heavy atom. The molecule has 0 spiro atoms. The molecule has 0 aliphatic carbocycles. The summed E-state index contributed by atoms with van der Waals surface area (Å²) >= 11 is 1.50. The van der Waals surface area contributed by atoms with Crippen molar-refractivity contribution in [3.05, 3.63) is 88.1 Å². The molecule has 0 saturated carbocycles. The minimum absolute atomic E-state index is 0.119. The standard InChI is InChI=1S/C26H19N3O2S/c1-31-20-9-6-18(7-10-20)25(30)24-23(19-12-13-32-14-19)26(15-27,16-28)22-11-8-17-4-2-3-5-21(17)29(22)24/h2-14,22-24H,1H3. The number of ether oxygens (including phenoxy) is 1. The molecule has 3 heterocycles. The first-order valence-electron chi connectivity index (χ1n) is 10.2. The third-order valence-electron chi connectivity index (χ3n) is 6.46. The summed E-state index contributed by atoms with van der Waals surface area (Å²) in [6, 6.07) is 20.1. The van der Waals surface area contributed by atoms with E-state index < -0.39 is 23.4 Å². The van der Waals surface area contributed by atoms with Crippen LogP contribution in [-0.2, 0) is 0 Å². The number of methoxy groups -OCH3 is 1. The fraction of sp³-hybridized carbons (Fsp3) is 0.192. The van der Waals surface area contributed by atoms with Gasteiger partial charge in [-0.3, -0.25) is 4.79 Å². The van der Waals surface area contributed by atoms with Gasteiger partial charge in [-0.1, -0.05) is 30.4 Å². The number of fused-ring (bicyclic) bond motifs is 3. The van der Waals surface area contributed by atoms with Crippen LogP contribution in [-0.4, -0.2) is 25.0 Å². The first-order valence-corrected chi connectivity index (χ1v) is 11.2. The van der Waals surface area contributed by atoms with Crippen LogP contribution >= 0.6 is 11.3 Å². The molecule has 2 aliphatic rings. The smallest absolute Gasteiger partial charge is 0.185 e. The molecule has 0 N–H and O–H groups in total. The molecule has 3 unspecified atom stereocenters. The lowest BCUT2D eigenvalue weighted by Gasteiger charge is -2.35. The van der Waals surface area contributed by atoms with Crippen LogP contribution in [0.15, 0.2) is 71.4 Å². The predicted octanol–water partition coefficient (Wildman–Crippen LogP) is 5.04. The molecule has 2 aliphatic heterocycles. The van der Waals surface area contributed by atoms with Crippen molar-refractivity contribution in [1.29, 1.82) is 10.5 Å². The minimum Gasteiger partial charge on any atom is -0.497 e. The quantitative estimate of drug-likeness (QED) is 0.535. The molecular formula is C26H19N3O2S. The predicted molar refractivity (Wildman–Crippen MR) is 124 cm³/mol. The van der Waals surface area contributed by atoms with Crippen molar-refractivity contribution in [2.24, 2.45) is 5.41 Å². The molecular weight excluding hydrogens is 418 g/mol. The monoisotopic (exact) mass is 437 g/mol. The van der Waals surface area contributed by atoms with E-state index in [1.165, 1.54) is 11.3 Å². The van der Waals surface area contributed by atoms with E-state index in [0.717, 1.165) is 16.8 Å². The van der Waals surface area contributed by atoms with Crippen molar-refractivity contribution in [2.75, 3.05) is 12.0 Å². The van der Waals surface area contributed by atoms with Gasteiger partial charge >= 0.3 is 0 Å². The Morgan fingerprint density at radius 3 is 2.50 bits per heavy atom. The lowest BCUT2D eigenvalue weighted by Crippen LogP contribution is -2.44. The largest absolute Gasteiger partial charge is 0.497 e. The SMILES string of the molecule is COc1ccc(C(=O)C2C(c3ccsc3)C(C#N)(C#N)C3C=Cc4ccccc4N23)cc1. The van der Waals surface area contributed by atoms with Gasteiger partial charge in [0.2, 0.25) is 0 Å². The number of carbonyl (C=O) groups excluding carboxylic acids is 1. The summed E-state index contributed by atoms with van der Waals surface area (Å²) in [5.74, 6) is -0.0552. The van der Waals surface area contributed by atoms with E-state index in [0.29, 0.717) is 11.3 Å². The summed E-state index contributed by atoms with van der Waals surface area (Å²) in [7, 11) is 1.58. The van der Waals surface area contributed by atoms with Crippen LogP contribution in [0.3, 0.4) is 0 Å². The average molecular weight is 438 g/mol. The molecule has 5 rings (SSSR count). The molecule has 1 aromatic heterocycles. The summed E-state index contributed by atoms with van der Waals surface area (Å²) in [4.78, 5) is 16.0. The van der Waals surface area contributed by atoms with E-state index in [1.807, 2.05) is 58.1 Å². The Hall–Kier alpha value is -3.87. The van der Waals surface area contributed by atoms with Crippen LogP contribution in [0.1, 0.15) is 27.4 Å². The number of rotatable bonds is 4. The molecule has 3 atom stereocenters. The zero-order valence-corrected chi connectivity index (χ0v) is 18.1. The Bertz CT molecular complexity index is 1270. The van der Waals surface area contributed by atoms with Gasteiger partial charge in [0.25, 0.3) is 0 Å². The van der Waals surface area contributed by atoms with Crippen molar-refractivity contribution in [3.63, 3.8) is 0 Å². The first kappa shape index (κ1) is 20.1. The van der Waals surface area contributed by atoms with E-state index in [9.17, 15) is 15.3 Å². The number of nitriles is 2. The maximum absolute atomic E-state index is 14.0. The van der Waals surface area contributed by atoms with Crippen molar-refractivity contribution >= 4 is 28.9 Å². The fourth-order valence-corrected chi connectivity index (χ4v) is 5.68. The third-order valence-corrected chi connectivity index (χ3v) is 7.16. The molecule has 156 valence electrons. The maximum Gasteiger partial charge on any atom is 0.185 e. The highest BCUT2D eigenvalue weighted by molar-refractivity contribution is 7.08. The van der Waals surface area contributed by atoms with Crippen LogP contribution in [0, 0.1) is 28.1 Å². The molecule has 1 fully saturated rings. The molecule has 6 heteroatoms. The summed E-state index contributed by atoms with van der Waals surface area (Å²) in [5.41, 5.74) is 1.78. The first-order chi connectivity index (χ1) is 15.6. The molecule has 2 aromatic carbocycles. The Balaban J connectivity index is 1.74. The Kier molecular flexibility index (Phi) is 4.81. The van der Waals surface area contributed by atoms with Gasteiger partial charge in [0.15, 0.2) is 11.2 Å². The summed E-state index contributed by atoms with van der Waals surface area (Å²) in [6.07, 6.45) is 3.85. The number of hydrogen-bond acceptors (Lipinski definition) is 6. The highest BCUT2D eigenvalue weighted by Gasteiger charge is 2.63. The van der Waals surface area contributed by atoms with Gasteiger partial charge in [-0.2, -0.15) is 21.9 Å². The number of thiophene rings is 1. The number of benzene rings is 2. The third kappa shape index (κ3) is 2.77. The van der Waals surface area contributed by atoms with E-state index in [1.54, 1.807) is 31.4 Å². The lowest BCUT2D eigenvalue weighted by atomic mass is 9.69. The van der Waals surface area contributed by atoms with Crippen LogP contribution in [0.5, 0.6) is 5.75 Å². The molecule has 0 amide bonds. The highest BCUT2D eigenvalue weighted by atomic mass is 32.1. The van der Waals surface area contributed by atoms with Crippen LogP contribution in [0.4, 0.5) is 5.69 Å². The van der Waals surface area contributed by atoms with Crippen LogP contribution in [0.2, 0.25) is 0 Å². The van der Waals surface area contributed by atoms with Crippen molar-refractivity contribution in [2.45, 2.75) is 18.0 Å². The average Bonchev–Trinajstić information content (AvgIpc) is 3.48. The maximum atomic E-state index is 14.0. The van der Waals surface area contributed by atoms with Crippen molar-refractivity contribution < 1.29 is 9.53 Å². The molecule has 32 heavy (non-hydrogen) atoms. The van der Waals surface area contributed by atoms with Crippen LogP contribution in [0.25, 0.3) is 6.08 Å². The van der Waals surface area contributed by atoms with Gasteiger partial charge in [0, 0.05) is 17.2 Å². The number of Topliss-reactive ketones (excluding diaryl/α,β-unsaturated/α-hetero) is 1. The van der Waals surface area contributed by atoms with Gasteiger partial charge in [0.05, 0.1) is 25.3 Å². The van der Waals surface area contributed by atoms with Gasteiger partial charge in [-0.25, -0.2) is 0 Å². The fourth-order valence-electron chi connectivity index (χ4n) is 4.99. The second-order valence-corrected chi connectivity index (χ2v) is 8.71. The molecule has 1 saturated heterocycles. The Labute approximate surface area is 190 Å². The topological polar surface area (TPSA) is 77.1 Å². The van der Waals surface area contributed by atoms with Gasteiger partial charge in [0.1, 0.15) is 11.8 Å². The summed E-state index contributed by atoms with van der Waals surface area (Å²) in [5, 5.41) is 24.6. The van der Waals surface area contributed by atoms with Crippen molar-refractivity contribution in [1.82, 2.24) is 0 Å². The lowest BCUT2D eigenvalue weighted by molar-refractivity contribution is 0.0951. The highest BCUT2D eigenvalue weighted by Crippen LogP contribution is 2.55. The molecule has 3 aromatic rings. The number of anilines is 1. The van der Waals surface area contributed by atoms with E-state index in [4.69, 9.17) is 4.74 Å². The number of nitrogens with zero attached hydrogens (tertiary/aromatic N) is 3. The van der Waals surface area contributed by atoms with E-state index in [2.05, 4.69) is 12.1 Å². The molecule has 0 radical (unpaired) electrons. The second kappa shape index (κ2) is 7.67. The van der Waals surface area contributed by atoms with Crippen molar-refractivity contribution in [3.8, 4) is 17.9 Å². The molecule has 5 nitrogen and oxygen atoms in total. The van der Waals surface area contributed by atoms with Crippen LogP contribution < -0.4 is 9.64 Å². The summed E-state index contributed by atoms with van der Waals surface area (Å²) < 4.78 is 5.24. The zero-order chi connectivity index (χ0) is 22.3. The normalized spacial score (nSPS) is 22.3. The Morgan fingerprint density at radius 2 is 1.84 bits per heavy atom. The number of ketones is 1. The zero-order valence-electron chi connectivity index (χ0n) is 17.3. The second-order valence-electron chi connectivity index (χ2n) is 7.93. The van der Waals surface area contributed by atoms with Gasteiger partial charge < -0.3 is 9.64 Å². The van der Waals surface area contributed by atoms with E-state index >= 15 is 0 Å². The number of hydrogen-bond donors (Lipinski definition) is 0. The summed E-state index contributed by atoms with van der Waals surface area (Å²) in [6.45, 7) is 0. The van der Waals surface area contributed by atoms with E-state index in [-0.39, 0.29) is 5.78 Å². The number of para-hydroxylation sites is 1.